The Bertz CT molecular complexity index is 760. The van der Waals surface area contributed by atoms with Crippen LogP contribution in [-0.2, 0) is 9.53 Å². The van der Waals surface area contributed by atoms with E-state index in [9.17, 15) is 4.79 Å². The fourth-order valence-electron chi connectivity index (χ4n) is 2.07. The first kappa shape index (κ1) is 16.2. The second-order valence-electron chi connectivity index (χ2n) is 5.14. The van der Waals surface area contributed by atoms with E-state index >= 15 is 0 Å². The summed E-state index contributed by atoms with van der Waals surface area (Å²) in [6.07, 6.45) is 4.88. The fraction of sp³-hybridized carbons (Fsp3) is 0.312. The number of methoxy groups -OCH3 is 1. The number of pyridine rings is 1. The SMILES string of the molecule is COC(=O)/C=C/c1sc2nc(C)cc(C)c2c1N=CN(C)C. The van der Waals surface area contributed by atoms with E-state index in [0.717, 1.165) is 32.0 Å². The number of carbonyl (C=O) groups is 1. The highest BCUT2D eigenvalue weighted by molar-refractivity contribution is 7.20. The van der Waals surface area contributed by atoms with Gasteiger partial charge in [0, 0.05) is 31.3 Å². The van der Waals surface area contributed by atoms with Gasteiger partial charge in [-0.3, -0.25) is 0 Å². The molecule has 0 saturated heterocycles. The van der Waals surface area contributed by atoms with E-state index in [0.29, 0.717) is 0 Å². The smallest absolute Gasteiger partial charge is 0.330 e. The largest absolute Gasteiger partial charge is 0.466 e. The van der Waals surface area contributed by atoms with Crippen molar-refractivity contribution in [3.8, 4) is 0 Å². The van der Waals surface area contributed by atoms with E-state index < -0.39 is 0 Å². The van der Waals surface area contributed by atoms with E-state index in [1.54, 1.807) is 12.4 Å². The minimum Gasteiger partial charge on any atom is -0.466 e. The Morgan fingerprint density at radius 1 is 1.41 bits per heavy atom. The summed E-state index contributed by atoms with van der Waals surface area (Å²) in [5.74, 6) is -0.388. The number of aryl methyl sites for hydroxylation is 2. The number of rotatable bonds is 4. The number of carbonyl (C=O) groups excluding carboxylic acids is 1. The number of thiophene rings is 1. The minimum atomic E-state index is -0.388. The predicted octanol–water partition coefficient (Wildman–Crippen LogP) is 3.32. The lowest BCUT2D eigenvalue weighted by Gasteiger charge is -2.04. The summed E-state index contributed by atoms with van der Waals surface area (Å²) in [4.78, 5) is 24.1. The van der Waals surface area contributed by atoms with Crippen LogP contribution in [0.3, 0.4) is 0 Å². The zero-order chi connectivity index (χ0) is 16.3. The van der Waals surface area contributed by atoms with Gasteiger partial charge >= 0.3 is 5.97 Å². The molecule has 0 bridgehead atoms. The van der Waals surface area contributed by atoms with Crippen molar-refractivity contribution in [1.82, 2.24) is 9.88 Å². The number of aliphatic imine (C=N–C) groups is 1. The molecule has 0 aliphatic heterocycles. The quantitative estimate of drug-likeness (QED) is 0.376. The molecule has 0 amide bonds. The van der Waals surface area contributed by atoms with E-state index in [2.05, 4.69) is 14.7 Å². The highest BCUT2D eigenvalue weighted by atomic mass is 32.1. The lowest BCUT2D eigenvalue weighted by Crippen LogP contribution is -2.07. The molecule has 0 aliphatic rings. The van der Waals surface area contributed by atoms with Crippen LogP contribution in [0, 0.1) is 13.8 Å². The number of esters is 1. The number of fused-ring (bicyclic) bond motifs is 1. The van der Waals surface area contributed by atoms with Gasteiger partial charge in [0.15, 0.2) is 0 Å². The maximum absolute atomic E-state index is 11.3. The predicted molar refractivity (Wildman–Crippen MR) is 92.0 cm³/mol. The summed E-state index contributed by atoms with van der Waals surface area (Å²) in [6.45, 7) is 4.02. The molecule has 0 radical (unpaired) electrons. The van der Waals surface area contributed by atoms with Gasteiger partial charge in [-0.25, -0.2) is 14.8 Å². The normalized spacial score (nSPS) is 11.7. The fourth-order valence-corrected chi connectivity index (χ4v) is 3.21. The molecule has 0 fully saturated rings. The standard InChI is InChI=1S/C16H19N3O2S/c1-10-8-11(2)18-16-14(10)15(17-9-19(3)4)12(22-16)6-7-13(20)21-5/h6-9H,1-5H3/b7-6+,17-9?. The van der Waals surface area contributed by atoms with Gasteiger partial charge in [0.2, 0.25) is 0 Å². The average molecular weight is 317 g/mol. The second kappa shape index (κ2) is 6.70. The number of nitrogens with zero attached hydrogens (tertiary/aromatic N) is 3. The third-order valence-corrected chi connectivity index (χ3v) is 4.02. The summed E-state index contributed by atoms with van der Waals surface area (Å²) in [5, 5.41) is 1.03. The number of ether oxygens (including phenoxy) is 1. The topological polar surface area (TPSA) is 54.8 Å². The summed E-state index contributed by atoms with van der Waals surface area (Å²) < 4.78 is 4.64. The van der Waals surface area contributed by atoms with E-state index in [1.807, 2.05) is 38.9 Å². The molecule has 2 aromatic heterocycles. The van der Waals surface area contributed by atoms with Gasteiger partial charge < -0.3 is 9.64 Å². The van der Waals surface area contributed by atoms with Crippen LogP contribution >= 0.6 is 11.3 Å². The lowest BCUT2D eigenvalue weighted by molar-refractivity contribution is -0.134. The Morgan fingerprint density at radius 2 is 2.14 bits per heavy atom. The molecule has 0 saturated carbocycles. The van der Waals surface area contributed by atoms with Crippen molar-refractivity contribution in [3.05, 3.63) is 28.3 Å². The maximum Gasteiger partial charge on any atom is 0.330 e. The van der Waals surface area contributed by atoms with Crippen molar-refractivity contribution < 1.29 is 9.53 Å². The van der Waals surface area contributed by atoms with Crippen LogP contribution in [0.4, 0.5) is 5.69 Å². The van der Waals surface area contributed by atoms with Gasteiger partial charge in [-0.05, 0) is 31.6 Å². The van der Waals surface area contributed by atoms with Gasteiger partial charge in [0.25, 0.3) is 0 Å². The van der Waals surface area contributed by atoms with Gasteiger partial charge in [-0.2, -0.15) is 0 Å². The molecule has 0 aliphatic carbocycles. The van der Waals surface area contributed by atoms with E-state index in [4.69, 9.17) is 0 Å². The van der Waals surface area contributed by atoms with Crippen molar-refractivity contribution in [1.29, 1.82) is 0 Å². The zero-order valence-electron chi connectivity index (χ0n) is 13.4. The molecular formula is C16H19N3O2S. The van der Waals surface area contributed by atoms with E-state index in [1.165, 1.54) is 24.5 Å². The van der Waals surface area contributed by atoms with Crippen molar-refractivity contribution in [2.24, 2.45) is 4.99 Å². The molecule has 6 heteroatoms. The van der Waals surface area contributed by atoms with Crippen LogP contribution < -0.4 is 0 Å². The van der Waals surface area contributed by atoms with Crippen molar-refractivity contribution in [3.63, 3.8) is 0 Å². The van der Waals surface area contributed by atoms with Gasteiger partial charge in [0.05, 0.1) is 24.0 Å². The van der Waals surface area contributed by atoms with Crippen molar-refractivity contribution in [2.75, 3.05) is 21.2 Å². The molecule has 22 heavy (non-hydrogen) atoms. The van der Waals surface area contributed by atoms with E-state index in [-0.39, 0.29) is 5.97 Å². The Kier molecular flexibility index (Phi) is 4.92. The molecule has 2 aromatic rings. The minimum absolute atomic E-state index is 0.388. The molecule has 0 atom stereocenters. The monoisotopic (exact) mass is 317 g/mol. The van der Waals surface area contributed by atoms with Crippen LogP contribution in [0.15, 0.2) is 17.1 Å². The number of hydrogen-bond acceptors (Lipinski definition) is 5. The highest BCUT2D eigenvalue weighted by Gasteiger charge is 2.14. The van der Waals surface area contributed by atoms with Gasteiger partial charge in [0.1, 0.15) is 4.83 Å². The molecule has 0 N–H and O–H groups in total. The van der Waals surface area contributed by atoms with Gasteiger partial charge in [-0.1, -0.05) is 0 Å². The Morgan fingerprint density at radius 3 is 2.77 bits per heavy atom. The molecule has 2 heterocycles. The molecule has 0 unspecified atom stereocenters. The van der Waals surface area contributed by atoms with Gasteiger partial charge in [-0.15, -0.1) is 11.3 Å². The lowest BCUT2D eigenvalue weighted by atomic mass is 10.1. The van der Waals surface area contributed by atoms with Crippen LogP contribution in [0.25, 0.3) is 16.3 Å². The van der Waals surface area contributed by atoms with Crippen LogP contribution in [0.1, 0.15) is 16.1 Å². The molecule has 0 aromatic carbocycles. The third kappa shape index (κ3) is 3.51. The van der Waals surface area contributed by atoms with Crippen molar-refractivity contribution in [2.45, 2.75) is 13.8 Å². The Balaban J connectivity index is 2.63. The van der Waals surface area contributed by atoms with Crippen LogP contribution in [0.2, 0.25) is 0 Å². The number of aromatic nitrogens is 1. The molecule has 2 rings (SSSR count). The molecule has 5 nitrogen and oxygen atoms in total. The zero-order valence-corrected chi connectivity index (χ0v) is 14.2. The van der Waals surface area contributed by atoms with Crippen molar-refractivity contribution >= 4 is 45.6 Å². The summed E-state index contributed by atoms with van der Waals surface area (Å²) in [7, 11) is 5.19. The second-order valence-corrected chi connectivity index (χ2v) is 6.17. The first-order chi connectivity index (χ1) is 10.4. The highest BCUT2D eigenvalue weighted by Crippen LogP contribution is 2.39. The Hall–Kier alpha value is -2.21. The third-order valence-electron chi connectivity index (χ3n) is 2.98. The van der Waals surface area contributed by atoms with Crippen LogP contribution in [-0.4, -0.2) is 43.4 Å². The average Bonchev–Trinajstić information content (AvgIpc) is 2.80. The summed E-state index contributed by atoms with van der Waals surface area (Å²) in [5.41, 5.74) is 2.93. The maximum atomic E-state index is 11.3. The first-order valence-corrected chi connectivity index (χ1v) is 7.61. The molecular weight excluding hydrogens is 298 g/mol. The van der Waals surface area contributed by atoms with Crippen LogP contribution in [0.5, 0.6) is 0 Å². The molecule has 116 valence electrons. The number of hydrogen-bond donors (Lipinski definition) is 0. The summed E-state index contributed by atoms with van der Waals surface area (Å²) in [6, 6.07) is 2.04. The molecule has 0 spiro atoms. The summed E-state index contributed by atoms with van der Waals surface area (Å²) >= 11 is 1.52. The first-order valence-electron chi connectivity index (χ1n) is 6.79. The Labute approximate surface area is 133 Å².